The quantitative estimate of drug-likeness (QED) is 0.414. The lowest BCUT2D eigenvalue weighted by Crippen LogP contribution is -2.02. The maximum atomic E-state index is 9.61. The van der Waals surface area contributed by atoms with Crippen molar-refractivity contribution in [3.8, 4) is 0 Å². The molecule has 0 aromatic rings. The molecule has 3 heteroatoms. The molecule has 0 saturated carbocycles. The Morgan fingerprint density at radius 2 is 2.40 bits per heavy atom. The molecule has 0 aliphatic carbocycles. The fourth-order valence-corrected chi connectivity index (χ4v) is 0.262. The summed E-state index contributed by atoms with van der Waals surface area (Å²) in [5.74, 6) is 1.39. The number of carbonyl (C=O) groups excluding carboxylic acids is 1. The van der Waals surface area contributed by atoms with Gasteiger partial charge in [-0.25, -0.2) is 4.79 Å². The van der Waals surface area contributed by atoms with Gasteiger partial charge in [0.25, 0.3) is 0 Å². The molecule has 1 heterocycles. The van der Waals surface area contributed by atoms with Crippen molar-refractivity contribution in [2.24, 2.45) is 0 Å². The maximum absolute atomic E-state index is 9.61. The molecule has 2 nitrogen and oxygen atoms in total. The number of ether oxygens (including phenoxy) is 1. The third-order valence-electron chi connectivity index (χ3n) is 0.289. The highest BCUT2D eigenvalue weighted by atomic mass is 32.2. The first-order valence-corrected chi connectivity index (χ1v) is 1.96. The van der Waals surface area contributed by atoms with Gasteiger partial charge in [-0.1, -0.05) is 0 Å². The molecule has 0 spiro atoms. The summed E-state index contributed by atoms with van der Waals surface area (Å²) in [5.41, 5.74) is 0. The zero-order valence-electron chi connectivity index (χ0n) is 2.30. The molecule has 0 aromatic carbocycles. The highest BCUT2D eigenvalue weighted by Crippen LogP contribution is 2.21. The monoisotopic (exact) mass is 89.0 g/mol. The van der Waals surface area contributed by atoms with Gasteiger partial charge in [0.05, 0.1) is 0 Å². The molecule has 0 atom stereocenters. The van der Waals surface area contributed by atoms with E-state index in [0.29, 0.717) is 0 Å². The summed E-state index contributed by atoms with van der Waals surface area (Å²) in [5, 5.41) is -0.204. The summed E-state index contributed by atoms with van der Waals surface area (Å²) in [7, 11) is 0. The molecule has 0 N–H and O–H groups in total. The van der Waals surface area contributed by atoms with E-state index in [1.165, 1.54) is 5.94 Å². The van der Waals surface area contributed by atoms with Crippen molar-refractivity contribution in [2.75, 3.05) is 0 Å². The first kappa shape index (κ1) is 3.03. The Kier molecular flexibility index (Phi) is 0.543. The Labute approximate surface area is 33.5 Å². The lowest BCUT2D eigenvalue weighted by molar-refractivity contribution is 0.200. The van der Waals surface area contributed by atoms with Gasteiger partial charge in [0.1, 0.15) is 0 Å². The molecule has 1 aliphatic rings. The van der Waals surface area contributed by atoms with Gasteiger partial charge in [0, 0.05) is 11.8 Å². The van der Waals surface area contributed by atoms with Gasteiger partial charge in [0.2, 0.25) is 5.94 Å². The summed E-state index contributed by atoms with van der Waals surface area (Å²) < 4.78 is 4.13. The number of carbonyl (C=O) groups is 1. The van der Waals surface area contributed by atoms with Gasteiger partial charge >= 0.3 is 5.30 Å². The average Bonchev–Trinajstić information content (AvgIpc) is 1.30. The van der Waals surface area contributed by atoms with Gasteiger partial charge in [-0.3, -0.25) is 0 Å². The second-order valence-electron chi connectivity index (χ2n) is 0.582. The van der Waals surface area contributed by atoms with E-state index >= 15 is 0 Å². The molecule has 0 bridgehead atoms. The van der Waals surface area contributed by atoms with Crippen LogP contribution in [0.4, 0.5) is 4.79 Å². The molecule has 1 radical (unpaired) electrons. The van der Waals surface area contributed by atoms with E-state index in [2.05, 4.69) is 4.74 Å². The van der Waals surface area contributed by atoms with Crippen LogP contribution in [0.3, 0.4) is 0 Å². The minimum Gasteiger partial charge on any atom is -0.437 e. The molecular weight excluding hydrogens is 88.1 g/mol. The van der Waals surface area contributed by atoms with Gasteiger partial charge in [-0.15, -0.1) is 0 Å². The van der Waals surface area contributed by atoms with Crippen molar-refractivity contribution in [3.05, 3.63) is 5.94 Å². The Morgan fingerprint density at radius 1 is 2.00 bits per heavy atom. The van der Waals surface area contributed by atoms with Crippen LogP contribution in [0, 0.1) is 5.94 Å². The lowest BCUT2D eigenvalue weighted by atomic mass is 11.4. The largest absolute Gasteiger partial charge is 0.437 e. The van der Waals surface area contributed by atoms with Crippen molar-refractivity contribution in [1.29, 1.82) is 0 Å². The minimum absolute atomic E-state index is 0.204. The first-order valence-electron chi connectivity index (χ1n) is 1.08. The molecule has 5 heavy (non-hydrogen) atoms. The van der Waals surface area contributed by atoms with Crippen LogP contribution in [0.1, 0.15) is 0 Å². The van der Waals surface area contributed by atoms with Crippen LogP contribution in [0.2, 0.25) is 0 Å². The van der Waals surface area contributed by atoms with E-state index in [-0.39, 0.29) is 5.30 Å². The van der Waals surface area contributed by atoms with Crippen LogP contribution in [0.5, 0.6) is 0 Å². The number of hydrogen-bond donors (Lipinski definition) is 0. The molecule has 27 valence electrons. The molecule has 1 aliphatic heterocycles. The van der Waals surface area contributed by atoms with E-state index in [9.17, 15) is 4.79 Å². The maximum Gasteiger partial charge on any atom is 0.372 e. The van der Waals surface area contributed by atoms with Gasteiger partial charge < -0.3 is 4.74 Å². The van der Waals surface area contributed by atoms with Crippen molar-refractivity contribution in [1.82, 2.24) is 0 Å². The Bertz CT molecular complexity index is 54.7. The predicted octanol–water partition coefficient (Wildman–Crippen LogP) is 0.989. The Balaban J connectivity index is 2.32. The SMILES string of the molecule is O=C1O[CH]S1. The highest BCUT2D eigenvalue weighted by Gasteiger charge is 2.13. The molecule has 0 aromatic heterocycles. The van der Waals surface area contributed by atoms with Crippen LogP contribution in [0.15, 0.2) is 0 Å². The zero-order valence-corrected chi connectivity index (χ0v) is 3.12. The summed E-state index contributed by atoms with van der Waals surface area (Å²) in [6.07, 6.45) is 0. The van der Waals surface area contributed by atoms with E-state index in [4.69, 9.17) is 0 Å². The van der Waals surface area contributed by atoms with Gasteiger partial charge in [0.15, 0.2) is 0 Å². The number of thioether (sulfide) groups is 1. The summed E-state index contributed by atoms with van der Waals surface area (Å²) in [6.45, 7) is 0. The number of rotatable bonds is 0. The van der Waals surface area contributed by atoms with Crippen LogP contribution in [-0.2, 0) is 4.74 Å². The summed E-state index contributed by atoms with van der Waals surface area (Å²) in [6, 6.07) is 0. The molecule has 0 unspecified atom stereocenters. The van der Waals surface area contributed by atoms with Crippen molar-refractivity contribution < 1.29 is 9.53 Å². The predicted molar refractivity (Wildman–Crippen MR) is 18.4 cm³/mol. The van der Waals surface area contributed by atoms with Gasteiger partial charge in [-0.2, -0.15) is 0 Å². The van der Waals surface area contributed by atoms with Gasteiger partial charge in [-0.05, 0) is 0 Å². The van der Waals surface area contributed by atoms with E-state index in [0.717, 1.165) is 11.8 Å². The van der Waals surface area contributed by atoms with Crippen LogP contribution >= 0.6 is 11.8 Å². The van der Waals surface area contributed by atoms with Crippen LogP contribution in [0.25, 0.3) is 0 Å². The Hall–Kier alpha value is -0.180. The molecule has 0 amide bonds. The smallest absolute Gasteiger partial charge is 0.372 e. The summed E-state index contributed by atoms with van der Waals surface area (Å²) >= 11 is 1.07. The third kappa shape index (κ3) is 0.374. The number of cyclic esters (lactones) is 1. The normalized spacial score (nSPS) is 20.4. The summed E-state index contributed by atoms with van der Waals surface area (Å²) in [4.78, 5) is 9.61. The lowest BCUT2D eigenvalue weighted by Gasteiger charge is -2.05. The topological polar surface area (TPSA) is 26.3 Å². The van der Waals surface area contributed by atoms with Crippen molar-refractivity contribution in [2.45, 2.75) is 0 Å². The first-order chi connectivity index (χ1) is 2.39. The standard InChI is InChI=1S/C2HO2S/c3-2-4-1-5-2/h1H. The minimum atomic E-state index is -0.204. The fraction of sp³-hybridized carbons (Fsp3) is 0. The highest BCUT2D eigenvalue weighted by molar-refractivity contribution is 8.16. The molecule has 1 rings (SSSR count). The van der Waals surface area contributed by atoms with Crippen molar-refractivity contribution >= 4 is 17.1 Å². The third-order valence-corrected chi connectivity index (χ3v) is 0.770. The average molecular weight is 89.1 g/mol. The van der Waals surface area contributed by atoms with Crippen molar-refractivity contribution in [3.63, 3.8) is 0 Å². The molecule has 1 fully saturated rings. The van der Waals surface area contributed by atoms with E-state index in [1.54, 1.807) is 0 Å². The molecule has 1 saturated heterocycles. The second-order valence-corrected chi connectivity index (χ2v) is 1.34. The van der Waals surface area contributed by atoms with E-state index < -0.39 is 0 Å². The second kappa shape index (κ2) is 0.897. The van der Waals surface area contributed by atoms with E-state index in [1.807, 2.05) is 0 Å². The van der Waals surface area contributed by atoms with Crippen LogP contribution in [-0.4, -0.2) is 5.30 Å². The fourth-order valence-electron chi connectivity index (χ4n) is 0.0874. The zero-order chi connectivity index (χ0) is 3.70. The van der Waals surface area contributed by atoms with Crippen LogP contribution < -0.4 is 0 Å². The Morgan fingerprint density at radius 3 is 2.40 bits per heavy atom. The number of hydrogen-bond acceptors (Lipinski definition) is 3. The molecular formula is C2HO2S.